The number of carbonyl (C=O) groups is 2. The van der Waals surface area contributed by atoms with Gasteiger partial charge in [0.05, 0.1) is 17.8 Å². The maximum absolute atomic E-state index is 15.1. The molecule has 1 atom stereocenters. The second kappa shape index (κ2) is 15.4. The predicted octanol–water partition coefficient (Wildman–Crippen LogP) is 4.06. The van der Waals surface area contributed by atoms with E-state index in [-0.39, 0.29) is 29.4 Å². The van der Waals surface area contributed by atoms with Crippen LogP contribution in [0.25, 0.3) is 10.9 Å². The number of likely N-dealkylation sites (tertiary alicyclic amines) is 1. The molecule has 4 aliphatic rings. The number of amides is 2. The number of aromatic amines is 1. The molecule has 3 saturated heterocycles. The molecule has 1 saturated carbocycles. The van der Waals surface area contributed by atoms with Gasteiger partial charge in [-0.3, -0.25) is 24.6 Å². The molecule has 2 aromatic carbocycles. The highest BCUT2D eigenvalue weighted by molar-refractivity contribution is 6.01. The van der Waals surface area contributed by atoms with Crippen molar-refractivity contribution in [2.24, 2.45) is 11.8 Å². The van der Waals surface area contributed by atoms with Gasteiger partial charge in [0.1, 0.15) is 34.6 Å². The number of imide groups is 1. The van der Waals surface area contributed by atoms with E-state index in [1.54, 1.807) is 18.2 Å². The average molecular weight is 692 g/mol. The van der Waals surface area contributed by atoms with Gasteiger partial charge in [0.15, 0.2) is 0 Å². The number of aromatic nitrogens is 2. The summed E-state index contributed by atoms with van der Waals surface area (Å²) in [5.74, 6) is 0.355. The van der Waals surface area contributed by atoms with Crippen molar-refractivity contribution in [3.05, 3.63) is 58.1 Å². The number of piperidine rings is 2. The van der Waals surface area contributed by atoms with Gasteiger partial charge in [-0.25, -0.2) is 13.8 Å². The molecule has 50 heavy (non-hydrogen) atoms. The molecular formula is C37H47F2N7O4. The van der Waals surface area contributed by atoms with E-state index < -0.39 is 17.4 Å². The second-order valence-corrected chi connectivity index (χ2v) is 14.4. The fourth-order valence-corrected chi connectivity index (χ4v) is 7.89. The van der Waals surface area contributed by atoms with Crippen LogP contribution in [-0.4, -0.2) is 96.6 Å². The maximum atomic E-state index is 15.1. The van der Waals surface area contributed by atoms with E-state index in [4.69, 9.17) is 4.74 Å². The van der Waals surface area contributed by atoms with Crippen molar-refractivity contribution >= 4 is 34.1 Å². The summed E-state index contributed by atoms with van der Waals surface area (Å²) in [7, 11) is 0. The number of H-pyrrole nitrogens is 1. The summed E-state index contributed by atoms with van der Waals surface area (Å²) < 4.78 is 36.1. The molecule has 2 amide bonds. The second-order valence-electron chi connectivity index (χ2n) is 14.4. The Morgan fingerprint density at radius 2 is 1.58 bits per heavy atom. The molecule has 11 nitrogen and oxygen atoms in total. The molecular weight excluding hydrogens is 644 g/mol. The zero-order valence-corrected chi connectivity index (χ0v) is 28.5. The van der Waals surface area contributed by atoms with Gasteiger partial charge in [-0.2, -0.15) is 0 Å². The van der Waals surface area contributed by atoms with Crippen molar-refractivity contribution < 1.29 is 23.1 Å². The van der Waals surface area contributed by atoms with E-state index in [2.05, 4.69) is 35.3 Å². The molecule has 13 heteroatoms. The average Bonchev–Trinajstić information content (AvgIpc) is 3.61. The minimum atomic E-state index is -0.600. The third-order valence-corrected chi connectivity index (χ3v) is 10.9. The van der Waals surface area contributed by atoms with Crippen molar-refractivity contribution in [1.82, 2.24) is 25.1 Å². The summed E-state index contributed by atoms with van der Waals surface area (Å²) in [4.78, 5) is 50.5. The van der Waals surface area contributed by atoms with Crippen LogP contribution >= 0.6 is 0 Å². The molecule has 1 unspecified atom stereocenters. The summed E-state index contributed by atoms with van der Waals surface area (Å²) in [6, 6.07) is 7.42. The number of nitrogens with zero attached hydrogens (tertiary/aromatic N) is 4. The van der Waals surface area contributed by atoms with Crippen molar-refractivity contribution in [1.29, 1.82) is 0 Å². The number of fused-ring (bicyclic) bond motifs is 1. The van der Waals surface area contributed by atoms with E-state index >= 15 is 4.39 Å². The number of hydrogen-bond donors (Lipinski definition) is 3. The van der Waals surface area contributed by atoms with Crippen LogP contribution in [0.5, 0.6) is 5.75 Å². The highest BCUT2D eigenvalue weighted by Crippen LogP contribution is 2.29. The quantitative estimate of drug-likeness (QED) is 0.256. The van der Waals surface area contributed by atoms with Gasteiger partial charge in [0.25, 0.3) is 5.56 Å². The number of benzene rings is 2. The van der Waals surface area contributed by atoms with Crippen molar-refractivity contribution in [2.75, 3.05) is 69.2 Å². The predicted molar refractivity (Wildman–Crippen MR) is 187 cm³/mol. The number of carbonyl (C=O) groups excluding carboxylic acids is 2. The van der Waals surface area contributed by atoms with Crippen LogP contribution in [0.1, 0.15) is 57.2 Å². The lowest BCUT2D eigenvalue weighted by Gasteiger charge is -2.38. The van der Waals surface area contributed by atoms with Gasteiger partial charge < -0.3 is 24.8 Å². The number of nitrogens with one attached hydrogen (secondary N) is 3. The lowest BCUT2D eigenvalue weighted by molar-refractivity contribution is -0.133. The van der Waals surface area contributed by atoms with Crippen LogP contribution in [0.3, 0.4) is 0 Å². The van der Waals surface area contributed by atoms with Crippen LogP contribution in [-0.2, 0) is 16.0 Å². The maximum Gasteiger partial charge on any atom is 0.261 e. The number of hydrogen-bond acceptors (Lipinski definition) is 9. The Morgan fingerprint density at radius 3 is 2.30 bits per heavy atom. The highest BCUT2D eigenvalue weighted by Gasteiger charge is 2.27. The minimum Gasteiger partial charge on any atom is -0.493 e. The topological polar surface area (TPSA) is 123 Å². The smallest absolute Gasteiger partial charge is 0.261 e. The first-order valence-electron chi connectivity index (χ1n) is 18.2. The molecule has 4 heterocycles. The SMILES string of the molecule is O=C1CCC(Nc2ccc(N3CCN(CCN4CCC(COc5cc(F)c6c(=O)[nH]c(CC7CCCC7)nc6c5)CC4)CC3)c(F)c2)C(=O)N1. The number of piperazine rings is 1. The Kier molecular flexibility index (Phi) is 10.6. The van der Waals surface area contributed by atoms with E-state index in [1.165, 1.54) is 25.0 Å². The molecule has 3 N–H and O–H groups in total. The fourth-order valence-electron chi connectivity index (χ4n) is 7.89. The molecule has 7 rings (SSSR count). The van der Waals surface area contributed by atoms with E-state index in [0.717, 1.165) is 84.5 Å². The molecule has 0 radical (unpaired) electrons. The number of ether oxygens (including phenoxy) is 1. The molecule has 268 valence electrons. The minimum absolute atomic E-state index is 0.00959. The van der Waals surface area contributed by atoms with Crippen molar-refractivity contribution in [3.8, 4) is 5.75 Å². The first-order valence-corrected chi connectivity index (χ1v) is 18.2. The fraction of sp³-hybridized carbons (Fsp3) is 0.568. The van der Waals surface area contributed by atoms with Gasteiger partial charge in [-0.15, -0.1) is 0 Å². The van der Waals surface area contributed by atoms with Crippen LogP contribution in [0.4, 0.5) is 20.2 Å². The number of anilines is 2. The third-order valence-electron chi connectivity index (χ3n) is 10.9. The van der Waals surface area contributed by atoms with E-state index in [0.29, 0.717) is 53.3 Å². The van der Waals surface area contributed by atoms with Gasteiger partial charge in [-0.1, -0.05) is 25.7 Å². The largest absolute Gasteiger partial charge is 0.493 e. The van der Waals surface area contributed by atoms with Gasteiger partial charge in [-0.05, 0) is 62.4 Å². The Balaban J connectivity index is 0.826. The molecule has 1 aromatic heterocycles. The number of halogens is 2. The molecule has 3 aromatic rings. The van der Waals surface area contributed by atoms with Crippen LogP contribution < -0.4 is 25.8 Å². The first kappa shape index (κ1) is 34.4. The molecule has 0 spiro atoms. The van der Waals surface area contributed by atoms with Crippen LogP contribution in [0.2, 0.25) is 0 Å². The number of rotatable bonds is 11. The van der Waals surface area contributed by atoms with Crippen molar-refractivity contribution in [3.63, 3.8) is 0 Å². The molecule has 0 bridgehead atoms. The Labute approximate surface area is 290 Å². The summed E-state index contributed by atoms with van der Waals surface area (Å²) in [5.41, 5.74) is 1.01. The highest BCUT2D eigenvalue weighted by atomic mass is 19.1. The van der Waals surface area contributed by atoms with Crippen LogP contribution in [0, 0.1) is 23.5 Å². The monoisotopic (exact) mass is 691 g/mol. The van der Waals surface area contributed by atoms with Gasteiger partial charge in [0.2, 0.25) is 11.8 Å². The lowest BCUT2D eigenvalue weighted by atomic mass is 9.98. The third kappa shape index (κ3) is 8.26. The van der Waals surface area contributed by atoms with Crippen LogP contribution in [0.15, 0.2) is 35.1 Å². The Bertz CT molecular complexity index is 1750. The van der Waals surface area contributed by atoms with E-state index in [9.17, 15) is 18.8 Å². The molecule has 3 aliphatic heterocycles. The summed E-state index contributed by atoms with van der Waals surface area (Å²) in [6.45, 7) is 7.56. The first-order chi connectivity index (χ1) is 24.3. The summed E-state index contributed by atoms with van der Waals surface area (Å²) >= 11 is 0. The van der Waals surface area contributed by atoms with Crippen molar-refractivity contribution in [2.45, 2.75) is 63.8 Å². The summed E-state index contributed by atoms with van der Waals surface area (Å²) in [5, 5.41) is 5.35. The summed E-state index contributed by atoms with van der Waals surface area (Å²) in [6.07, 6.45) is 8.09. The normalized spacial score (nSPS) is 21.6. The standard InChI is InChI=1S/C37H47F2N7O4/c38-28-20-26(40-30-6-8-34(47)43-36(30)48)5-7-32(28)46-17-15-45(16-18-46)14-13-44-11-9-25(10-12-44)23-50-27-21-29(39)35-31(22-27)41-33(42-37(35)49)19-24-3-1-2-4-24/h5,7,20-22,24-25,30,40H,1-4,6,8-19,23H2,(H,41,42,49)(H,43,47,48). The van der Waals surface area contributed by atoms with E-state index in [1.807, 2.05) is 0 Å². The molecule has 1 aliphatic carbocycles. The Hall–Kier alpha value is -4.10. The lowest BCUT2D eigenvalue weighted by Crippen LogP contribution is -2.49. The van der Waals surface area contributed by atoms with Gasteiger partial charge in [0, 0.05) is 69.9 Å². The zero-order chi connectivity index (χ0) is 34.6. The zero-order valence-electron chi connectivity index (χ0n) is 28.5. The van der Waals surface area contributed by atoms with Gasteiger partial charge >= 0.3 is 0 Å². The molecule has 4 fully saturated rings. The Morgan fingerprint density at radius 1 is 0.840 bits per heavy atom.